The molecular weight excluding hydrogens is 198 g/mol. The Balaban J connectivity index is 1.79. The summed E-state index contributed by atoms with van der Waals surface area (Å²) in [5.41, 5.74) is 0. The Labute approximate surface area is 100.0 Å². The van der Waals surface area contributed by atoms with Crippen LogP contribution in [0.25, 0.3) is 0 Å². The molecule has 0 aromatic heterocycles. The highest BCUT2D eigenvalue weighted by Crippen LogP contribution is 2.25. The highest BCUT2D eigenvalue weighted by Gasteiger charge is 2.27. The lowest BCUT2D eigenvalue weighted by molar-refractivity contribution is 0.175. The molecule has 94 valence electrons. The highest BCUT2D eigenvalue weighted by atomic mass is 15.1. The van der Waals surface area contributed by atoms with Crippen molar-refractivity contribution >= 4 is 0 Å². The normalized spacial score (nSPS) is 30.8. The van der Waals surface area contributed by atoms with Gasteiger partial charge in [-0.2, -0.15) is 0 Å². The molecule has 0 bridgehead atoms. The average molecular weight is 225 g/mol. The Kier molecular flexibility index (Phi) is 4.62. The number of likely N-dealkylation sites (tertiary alicyclic amines) is 1. The van der Waals surface area contributed by atoms with Crippen LogP contribution in [-0.4, -0.2) is 51.2 Å². The summed E-state index contributed by atoms with van der Waals surface area (Å²) in [6.45, 7) is 5.04. The van der Waals surface area contributed by atoms with E-state index in [4.69, 9.17) is 0 Å². The topological polar surface area (TPSA) is 27.3 Å². The number of nitrogens with zero attached hydrogens (tertiary/aromatic N) is 1. The minimum atomic E-state index is 0.749. The van der Waals surface area contributed by atoms with Crippen LogP contribution in [0, 0.1) is 11.8 Å². The molecule has 2 unspecified atom stereocenters. The molecule has 2 rings (SSSR count). The average Bonchev–Trinajstić information content (AvgIpc) is 2.80. The van der Waals surface area contributed by atoms with Gasteiger partial charge in [-0.25, -0.2) is 0 Å². The van der Waals surface area contributed by atoms with E-state index in [1.165, 1.54) is 51.9 Å². The first kappa shape index (κ1) is 12.3. The van der Waals surface area contributed by atoms with Crippen molar-refractivity contribution in [1.82, 2.24) is 15.5 Å². The van der Waals surface area contributed by atoms with E-state index in [9.17, 15) is 0 Å². The van der Waals surface area contributed by atoms with E-state index in [0.29, 0.717) is 0 Å². The summed E-state index contributed by atoms with van der Waals surface area (Å²) in [5, 5.41) is 7.04. The summed E-state index contributed by atoms with van der Waals surface area (Å²) in [7, 11) is 4.39. The lowest BCUT2D eigenvalue weighted by Crippen LogP contribution is -2.42. The summed E-state index contributed by atoms with van der Waals surface area (Å²) in [6, 6.07) is 0.749. The van der Waals surface area contributed by atoms with E-state index in [1.54, 1.807) is 0 Å². The number of rotatable bonds is 4. The van der Waals surface area contributed by atoms with Crippen molar-refractivity contribution in [3.63, 3.8) is 0 Å². The second-order valence-electron chi connectivity index (χ2n) is 5.63. The van der Waals surface area contributed by atoms with Crippen molar-refractivity contribution in [2.75, 3.05) is 40.3 Å². The van der Waals surface area contributed by atoms with Gasteiger partial charge in [0.25, 0.3) is 0 Å². The Morgan fingerprint density at radius 1 is 1.31 bits per heavy atom. The molecule has 0 aromatic carbocycles. The van der Waals surface area contributed by atoms with E-state index >= 15 is 0 Å². The minimum absolute atomic E-state index is 0.749. The third kappa shape index (κ3) is 3.19. The fraction of sp³-hybridized carbons (Fsp3) is 1.00. The van der Waals surface area contributed by atoms with Crippen LogP contribution in [0.5, 0.6) is 0 Å². The maximum atomic E-state index is 3.57. The zero-order valence-corrected chi connectivity index (χ0v) is 10.8. The van der Waals surface area contributed by atoms with Gasteiger partial charge >= 0.3 is 0 Å². The fourth-order valence-corrected chi connectivity index (χ4v) is 3.25. The molecule has 2 aliphatic rings. The van der Waals surface area contributed by atoms with Crippen molar-refractivity contribution in [3.8, 4) is 0 Å². The quantitative estimate of drug-likeness (QED) is 0.745. The fourth-order valence-electron chi connectivity index (χ4n) is 3.25. The number of hydrogen-bond acceptors (Lipinski definition) is 3. The maximum absolute atomic E-state index is 3.57. The molecule has 0 spiro atoms. The second kappa shape index (κ2) is 5.99. The van der Waals surface area contributed by atoms with Crippen LogP contribution in [-0.2, 0) is 0 Å². The standard InChI is InChI=1S/C13H27N3/c1-14-13(9-11-3-6-15-10-11)12-4-7-16(2)8-5-12/h11-15H,3-10H2,1-2H3. The Hall–Kier alpha value is -0.120. The molecule has 0 radical (unpaired) electrons. The van der Waals surface area contributed by atoms with Gasteiger partial charge in [0.1, 0.15) is 0 Å². The zero-order chi connectivity index (χ0) is 11.4. The number of hydrogen-bond donors (Lipinski definition) is 2. The molecule has 2 saturated heterocycles. The van der Waals surface area contributed by atoms with Crippen LogP contribution >= 0.6 is 0 Å². The van der Waals surface area contributed by atoms with Gasteiger partial charge in [-0.3, -0.25) is 0 Å². The van der Waals surface area contributed by atoms with Crippen molar-refractivity contribution in [3.05, 3.63) is 0 Å². The molecule has 16 heavy (non-hydrogen) atoms. The first-order valence-corrected chi connectivity index (χ1v) is 6.86. The second-order valence-corrected chi connectivity index (χ2v) is 5.63. The van der Waals surface area contributed by atoms with E-state index in [0.717, 1.165) is 17.9 Å². The van der Waals surface area contributed by atoms with Crippen molar-refractivity contribution in [1.29, 1.82) is 0 Å². The molecule has 0 amide bonds. The SMILES string of the molecule is CNC(CC1CCNC1)C1CCN(C)CC1. The predicted molar refractivity (Wildman–Crippen MR) is 68.7 cm³/mol. The Morgan fingerprint density at radius 2 is 2.06 bits per heavy atom. The summed E-state index contributed by atoms with van der Waals surface area (Å²) in [4.78, 5) is 2.46. The zero-order valence-electron chi connectivity index (χ0n) is 10.8. The van der Waals surface area contributed by atoms with Crippen LogP contribution < -0.4 is 10.6 Å². The van der Waals surface area contributed by atoms with Gasteiger partial charge in [0.15, 0.2) is 0 Å². The van der Waals surface area contributed by atoms with E-state index in [2.05, 4.69) is 29.6 Å². The predicted octanol–water partition coefficient (Wildman–Crippen LogP) is 0.916. The third-order valence-electron chi connectivity index (χ3n) is 4.45. The molecular formula is C13H27N3. The van der Waals surface area contributed by atoms with Gasteiger partial charge in [-0.15, -0.1) is 0 Å². The maximum Gasteiger partial charge on any atom is 0.00963 e. The smallest absolute Gasteiger partial charge is 0.00963 e. The molecule has 2 N–H and O–H groups in total. The van der Waals surface area contributed by atoms with Gasteiger partial charge in [0, 0.05) is 6.04 Å². The van der Waals surface area contributed by atoms with Crippen LogP contribution in [0.2, 0.25) is 0 Å². The van der Waals surface area contributed by atoms with Gasteiger partial charge in [-0.1, -0.05) is 0 Å². The first-order chi connectivity index (χ1) is 7.79. The summed E-state index contributed by atoms with van der Waals surface area (Å²) < 4.78 is 0. The third-order valence-corrected chi connectivity index (χ3v) is 4.45. The number of piperidine rings is 1. The van der Waals surface area contributed by atoms with Crippen LogP contribution in [0.3, 0.4) is 0 Å². The van der Waals surface area contributed by atoms with E-state index in [1.807, 2.05) is 0 Å². The van der Waals surface area contributed by atoms with Crippen molar-refractivity contribution in [2.45, 2.75) is 31.7 Å². The summed E-state index contributed by atoms with van der Waals surface area (Å²) in [5.74, 6) is 1.82. The van der Waals surface area contributed by atoms with E-state index < -0.39 is 0 Å². The largest absolute Gasteiger partial charge is 0.317 e. The lowest BCUT2D eigenvalue weighted by Gasteiger charge is -2.35. The molecule has 0 aromatic rings. The molecule has 0 aliphatic carbocycles. The Morgan fingerprint density at radius 3 is 2.62 bits per heavy atom. The lowest BCUT2D eigenvalue weighted by atomic mass is 9.84. The monoisotopic (exact) mass is 225 g/mol. The van der Waals surface area contributed by atoms with Crippen LogP contribution in [0.1, 0.15) is 25.7 Å². The summed E-state index contributed by atoms with van der Waals surface area (Å²) in [6.07, 6.45) is 5.51. The Bertz CT molecular complexity index is 193. The molecule has 3 heteroatoms. The van der Waals surface area contributed by atoms with Gasteiger partial charge in [-0.05, 0) is 77.8 Å². The first-order valence-electron chi connectivity index (χ1n) is 6.86. The molecule has 2 atom stereocenters. The van der Waals surface area contributed by atoms with Gasteiger partial charge in [0.05, 0.1) is 0 Å². The van der Waals surface area contributed by atoms with Crippen LogP contribution in [0.15, 0.2) is 0 Å². The molecule has 2 aliphatic heterocycles. The summed E-state index contributed by atoms with van der Waals surface area (Å²) >= 11 is 0. The molecule has 0 saturated carbocycles. The molecule has 3 nitrogen and oxygen atoms in total. The van der Waals surface area contributed by atoms with Gasteiger partial charge in [0.2, 0.25) is 0 Å². The van der Waals surface area contributed by atoms with Gasteiger partial charge < -0.3 is 15.5 Å². The molecule has 2 heterocycles. The minimum Gasteiger partial charge on any atom is -0.317 e. The van der Waals surface area contributed by atoms with Crippen molar-refractivity contribution in [2.24, 2.45) is 11.8 Å². The van der Waals surface area contributed by atoms with E-state index in [-0.39, 0.29) is 0 Å². The highest BCUT2D eigenvalue weighted by molar-refractivity contribution is 4.84. The van der Waals surface area contributed by atoms with Crippen LogP contribution in [0.4, 0.5) is 0 Å². The van der Waals surface area contributed by atoms with Crippen molar-refractivity contribution < 1.29 is 0 Å². The number of nitrogens with one attached hydrogen (secondary N) is 2. The molecule has 2 fully saturated rings.